The van der Waals surface area contributed by atoms with E-state index in [1.54, 1.807) is 30.3 Å². The van der Waals surface area contributed by atoms with E-state index in [0.717, 1.165) is 11.3 Å². The summed E-state index contributed by atoms with van der Waals surface area (Å²) in [5.41, 5.74) is 4.29. The van der Waals surface area contributed by atoms with Crippen molar-refractivity contribution in [1.29, 1.82) is 0 Å². The molecule has 1 heterocycles. The van der Waals surface area contributed by atoms with Gasteiger partial charge in [-0.25, -0.2) is 4.79 Å². The van der Waals surface area contributed by atoms with E-state index in [1.165, 1.54) is 0 Å². The number of aryl methyl sites for hydroxylation is 1. The summed E-state index contributed by atoms with van der Waals surface area (Å²) in [6.45, 7) is 5.60. The number of carbonyl (C=O) groups is 2. The lowest BCUT2D eigenvalue weighted by Crippen LogP contribution is -2.34. The van der Waals surface area contributed by atoms with Crippen molar-refractivity contribution in [2.45, 2.75) is 26.8 Å². The van der Waals surface area contributed by atoms with Crippen molar-refractivity contribution in [2.24, 2.45) is 0 Å². The van der Waals surface area contributed by atoms with Gasteiger partial charge in [0.05, 0.1) is 17.0 Å². The minimum Gasteiger partial charge on any atom is -0.336 e. The van der Waals surface area contributed by atoms with E-state index in [4.69, 9.17) is 0 Å². The van der Waals surface area contributed by atoms with Gasteiger partial charge in [0.25, 0.3) is 5.91 Å². The number of hydrogen-bond donors (Lipinski definition) is 3. The van der Waals surface area contributed by atoms with Crippen LogP contribution in [0.25, 0.3) is 11.3 Å². The second kappa shape index (κ2) is 9.01. The van der Waals surface area contributed by atoms with Crippen LogP contribution in [0.5, 0.6) is 0 Å². The number of nitrogens with zero attached hydrogens (tertiary/aromatic N) is 1. The molecule has 0 aliphatic rings. The number of aromatic nitrogens is 1. The maximum absolute atomic E-state index is 12.6. The SMILES string of the molecule is Cc1nc(-c2ccccc2)ccc1C(=O)Nc1ccc(NC(=O)NC(C)C)cc1. The van der Waals surface area contributed by atoms with Crippen molar-refractivity contribution >= 4 is 23.3 Å². The van der Waals surface area contributed by atoms with Crippen molar-refractivity contribution in [2.75, 3.05) is 10.6 Å². The Morgan fingerprint density at radius 1 is 0.828 bits per heavy atom. The molecule has 0 atom stereocenters. The van der Waals surface area contributed by atoms with Crippen molar-refractivity contribution in [1.82, 2.24) is 10.3 Å². The Kier molecular flexibility index (Phi) is 6.24. The number of pyridine rings is 1. The molecule has 6 nitrogen and oxygen atoms in total. The molecule has 29 heavy (non-hydrogen) atoms. The lowest BCUT2D eigenvalue weighted by Gasteiger charge is -2.11. The van der Waals surface area contributed by atoms with Gasteiger partial charge < -0.3 is 16.0 Å². The Labute approximate surface area is 170 Å². The van der Waals surface area contributed by atoms with Crippen LogP contribution in [-0.2, 0) is 0 Å². The summed E-state index contributed by atoms with van der Waals surface area (Å²) in [5, 5.41) is 8.36. The summed E-state index contributed by atoms with van der Waals surface area (Å²) < 4.78 is 0. The van der Waals surface area contributed by atoms with Gasteiger partial charge in [0, 0.05) is 23.0 Å². The quantitative estimate of drug-likeness (QED) is 0.585. The zero-order valence-corrected chi connectivity index (χ0v) is 16.7. The largest absolute Gasteiger partial charge is 0.336 e. The van der Waals surface area contributed by atoms with Crippen LogP contribution in [0, 0.1) is 6.92 Å². The number of rotatable bonds is 5. The van der Waals surface area contributed by atoms with Gasteiger partial charge >= 0.3 is 6.03 Å². The van der Waals surface area contributed by atoms with Crippen LogP contribution < -0.4 is 16.0 Å². The van der Waals surface area contributed by atoms with Crippen molar-refractivity contribution in [3.63, 3.8) is 0 Å². The third-order valence-electron chi connectivity index (χ3n) is 4.22. The highest BCUT2D eigenvalue weighted by atomic mass is 16.2. The molecule has 2 aromatic carbocycles. The van der Waals surface area contributed by atoms with Gasteiger partial charge in [-0.15, -0.1) is 0 Å². The molecular formula is C23H24N4O2. The lowest BCUT2D eigenvalue weighted by molar-refractivity contribution is 0.102. The summed E-state index contributed by atoms with van der Waals surface area (Å²) >= 11 is 0. The van der Waals surface area contributed by atoms with E-state index in [-0.39, 0.29) is 18.0 Å². The van der Waals surface area contributed by atoms with Crippen LogP contribution in [0.3, 0.4) is 0 Å². The van der Waals surface area contributed by atoms with E-state index in [1.807, 2.05) is 57.2 Å². The molecule has 148 valence electrons. The highest BCUT2D eigenvalue weighted by Gasteiger charge is 2.12. The first kappa shape index (κ1) is 20.1. The van der Waals surface area contributed by atoms with Gasteiger partial charge in [-0.3, -0.25) is 9.78 Å². The normalized spacial score (nSPS) is 10.5. The minimum absolute atomic E-state index is 0.0543. The van der Waals surface area contributed by atoms with Crippen molar-refractivity contribution in [3.05, 3.63) is 78.0 Å². The van der Waals surface area contributed by atoms with Crippen LogP contribution in [0.1, 0.15) is 29.9 Å². The second-order valence-corrected chi connectivity index (χ2v) is 6.98. The summed E-state index contributed by atoms with van der Waals surface area (Å²) in [6, 6.07) is 20.2. The molecule has 3 N–H and O–H groups in total. The number of nitrogens with one attached hydrogen (secondary N) is 3. The number of hydrogen-bond acceptors (Lipinski definition) is 3. The summed E-state index contributed by atoms with van der Waals surface area (Å²) in [5.74, 6) is -0.229. The van der Waals surface area contributed by atoms with Gasteiger partial charge in [-0.05, 0) is 57.2 Å². The maximum Gasteiger partial charge on any atom is 0.319 e. The molecule has 3 aromatic rings. The first-order valence-corrected chi connectivity index (χ1v) is 9.44. The Bertz CT molecular complexity index is 999. The molecule has 0 aliphatic carbocycles. The number of amides is 3. The van der Waals surface area contributed by atoms with E-state index < -0.39 is 0 Å². The smallest absolute Gasteiger partial charge is 0.319 e. The van der Waals surface area contributed by atoms with Gasteiger partial charge in [0.1, 0.15) is 0 Å². The fourth-order valence-electron chi connectivity index (χ4n) is 2.84. The first-order chi connectivity index (χ1) is 13.9. The fraction of sp³-hybridized carbons (Fsp3) is 0.174. The molecule has 3 rings (SSSR count). The molecule has 0 fully saturated rings. The van der Waals surface area contributed by atoms with Gasteiger partial charge in [0.2, 0.25) is 0 Å². The van der Waals surface area contributed by atoms with E-state index >= 15 is 0 Å². The highest BCUT2D eigenvalue weighted by molar-refractivity contribution is 6.05. The van der Waals surface area contributed by atoms with Crippen LogP contribution in [0.4, 0.5) is 16.2 Å². The molecule has 0 saturated carbocycles. The monoisotopic (exact) mass is 388 g/mol. The molecule has 0 bridgehead atoms. The van der Waals surface area contributed by atoms with Crippen molar-refractivity contribution in [3.8, 4) is 11.3 Å². The summed E-state index contributed by atoms with van der Waals surface area (Å²) in [4.78, 5) is 28.9. The van der Waals surface area contributed by atoms with Crippen LogP contribution >= 0.6 is 0 Å². The number of urea groups is 1. The summed E-state index contributed by atoms with van der Waals surface area (Å²) in [7, 11) is 0. The fourth-order valence-corrected chi connectivity index (χ4v) is 2.84. The van der Waals surface area contributed by atoms with E-state index in [2.05, 4.69) is 20.9 Å². The number of anilines is 2. The average molecular weight is 388 g/mol. The zero-order chi connectivity index (χ0) is 20.8. The molecule has 0 unspecified atom stereocenters. The Balaban J connectivity index is 1.66. The van der Waals surface area contributed by atoms with Crippen LogP contribution in [0.15, 0.2) is 66.7 Å². The first-order valence-electron chi connectivity index (χ1n) is 9.44. The summed E-state index contributed by atoms with van der Waals surface area (Å²) in [6.07, 6.45) is 0. The topological polar surface area (TPSA) is 83.1 Å². The molecule has 1 aromatic heterocycles. The predicted octanol–water partition coefficient (Wildman–Crippen LogP) is 4.84. The van der Waals surface area contributed by atoms with Gasteiger partial charge in [0.15, 0.2) is 0 Å². The molecule has 0 radical (unpaired) electrons. The molecular weight excluding hydrogens is 364 g/mol. The standard InChI is InChI=1S/C23H24N4O2/c1-15(2)24-23(29)27-19-11-9-18(10-12-19)26-22(28)20-13-14-21(25-16(20)3)17-7-5-4-6-8-17/h4-15H,1-3H3,(H,26,28)(H2,24,27,29). The lowest BCUT2D eigenvalue weighted by atomic mass is 10.1. The van der Waals surface area contributed by atoms with Crippen LogP contribution in [-0.4, -0.2) is 23.0 Å². The third-order valence-corrected chi connectivity index (χ3v) is 4.22. The minimum atomic E-state index is -0.267. The molecule has 6 heteroatoms. The predicted molar refractivity (Wildman–Crippen MR) is 116 cm³/mol. The molecule has 0 aliphatic heterocycles. The molecule has 0 spiro atoms. The number of carbonyl (C=O) groups excluding carboxylic acids is 2. The molecule has 3 amide bonds. The van der Waals surface area contributed by atoms with E-state index in [9.17, 15) is 9.59 Å². The Hall–Kier alpha value is -3.67. The maximum atomic E-state index is 12.6. The van der Waals surface area contributed by atoms with Gasteiger partial charge in [-0.2, -0.15) is 0 Å². The van der Waals surface area contributed by atoms with Crippen LogP contribution in [0.2, 0.25) is 0 Å². The average Bonchev–Trinajstić information content (AvgIpc) is 2.69. The van der Waals surface area contributed by atoms with Crippen molar-refractivity contribution < 1.29 is 9.59 Å². The number of benzene rings is 2. The zero-order valence-electron chi connectivity index (χ0n) is 16.7. The highest BCUT2D eigenvalue weighted by Crippen LogP contribution is 2.20. The second-order valence-electron chi connectivity index (χ2n) is 6.98. The van der Waals surface area contributed by atoms with E-state index in [0.29, 0.717) is 22.6 Å². The van der Waals surface area contributed by atoms with Gasteiger partial charge in [-0.1, -0.05) is 30.3 Å². The molecule has 0 saturated heterocycles. The third kappa shape index (κ3) is 5.42. The Morgan fingerprint density at radius 2 is 1.45 bits per heavy atom. The Morgan fingerprint density at radius 3 is 2.03 bits per heavy atom.